The molecule has 1 aromatic rings. The molecule has 4 nitrogen and oxygen atoms in total. The number of hydrogen-bond acceptors (Lipinski definition) is 4. The lowest BCUT2D eigenvalue weighted by molar-refractivity contribution is -0.0253. The van der Waals surface area contributed by atoms with E-state index in [1.807, 2.05) is 0 Å². The quantitative estimate of drug-likeness (QED) is 0.854. The summed E-state index contributed by atoms with van der Waals surface area (Å²) in [5, 5.41) is 3.50. The van der Waals surface area contributed by atoms with Crippen LogP contribution in [0.2, 0.25) is 0 Å². The van der Waals surface area contributed by atoms with Gasteiger partial charge in [0.1, 0.15) is 0 Å². The zero-order valence-corrected chi connectivity index (χ0v) is 12.9. The van der Waals surface area contributed by atoms with Gasteiger partial charge in [-0.15, -0.1) is 0 Å². The van der Waals surface area contributed by atoms with E-state index in [-0.39, 0.29) is 0 Å². The van der Waals surface area contributed by atoms with Crippen molar-refractivity contribution in [1.29, 1.82) is 0 Å². The van der Waals surface area contributed by atoms with E-state index in [4.69, 9.17) is 4.74 Å². The highest BCUT2D eigenvalue weighted by Crippen LogP contribution is 2.12. The van der Waals surface area contributed by atoms with Crippen molar-refractivity contribution in [3.63, 3.8) is 0 Å². The lowest BCUT2D eigenvalue weighted by Crippen LogP contribution is -2.46. The molecular formula is C16H27N3O. The second-order valence-corrected chi connectivity index (χ2v) is 5.58. The summed E-state index contributed by atoms with van der Waals surface area (Å²) in [4.78, 5) is 4.56. The third-order valence-electron chi connectivity index (χ3n) is 3.82. The first-order valence-electron chi connectivity index (χ1n) is 7.50. The summed E-state index contributed by atoms with van der Waals surface area (Å²) >= 11 is 0. The van der Waals surface area contributed by atoms with Gasteiger partial charge in [-0.2, -0.15) is 0 Å². The second kappa shape index (κ2) is 7.62. The maximum Gasteiger partial charge on any atom is 0.0826 e. The maximum atomic E-state index is 5.79. The first-order valence-corrected chi connectivity index (χ1v) is 7.50. The number of anilines is 1. The van der Waals surface area contributed by atoms with Crippen molar-refractivity contribution >= 4 is 5.69 Å². The molecule has 0 radical (unpaired) electrons. The van der Waals surface area contributed by atoms with E-state index in [1.54, 1.807) is 0 Å². The van der Waals surface area contributed by atoms with E-state index in [0.717, 1.165) is 39.3 Å². The summed E-state index contributed by atoms with van der Waals surface area (Å²) in [5.74, 6) is 0. The van der Waals surface area contributed by atoms with Crippen LogP contribution in [0.4, 0.5) is 5.69 Å². The van der Waals surface area contributed by atoms with Crippen LogP contribution in [-0.4, -0.2) is 57.9 Å². The molecule has 1 aliphatic rings. The minimum absolute atomic E-state index is 0.324. The predicted octanol–water partition coefficient (Wildman–Crippen LogP) is 1.56. The number of rotatable bonds is 6. The summed E-state index contributed by atoms with van der Waals surface area (Å²) in [6.45, 7) is 8.12. The van der Waals surface area contributed by atoms with Crippen LogP contribution >= 0.6 is 0 Å². The number of morpholine rings is 1. The van der Waals surface area contributed by atoms with E-state index in [2.05, 4.69) is 60.4 Å². The van der Waals surface area contributed by atoms with Crippen molar-refractivity contribution in [3.05, 3.63) is 29.8 Å². The molecule has 1 N–H and O–H groups in total. The Labute approximate surface area is 122 Å². The molecular weight excluding hydrogens is 250 g/mol. The van der Waals surface area contributed by atoms with Gasteiger partial charge in [0.05, 0.1) is 12.7 Å². The van der Waals surface area contributed by atoms with E-state index in [0.29, 0.717) is 6.10 Å². The van der Waals surface area contributed by atoms with Crippen LogP contribution in [0.15, 0.2) is 24.3 Å². The molecule has 0 aliphatic carbocycles. The monoisotopic (exact) mass is 277 g/mol. The zero-order valence-electron chi connectivity index (χ0n) is 12.9. The van der Waals surface area contributed by atoms with Crippen LogP contribution in [0.3, 0.4) is 0 Å². The van der Waals surface area contributed by atoms with Crippen molar-refractivity contribution in [1.82, 2.24) is 10.2 Å². The molecule has 1 saturated heterocycles. The van der Waals surface area contributed by atoms with Gasteiger partial charge < -0.3 is 15.0 Å². The Bertz CT molecular complexity index is 391. The van der Waals surface area contributed by atoms with Crippen LogP contribution in [0, 0.1) is 0 Å². The predicted molar refractivity (Wildman–Crippen MR) is 84.3 cm³/mol. The highest BCUT2D eigenvalue weighted by atomic mass is 16.5. The third kappa shape index (κ3) is 4.47. The normalized spacial score (nSPS) is 20.1. The zero-order chi connectivity index (χ0) is 14.4. The first kappa shape index (κ1) is 15.3. The fraction of sp³-hybridized carbons (Fsp3) is 0.625. The molecule has 1 unspecified atom stereocenters. The fourth-order valence-electron chi connectivity index (χ4n) is 2.48. The van der Waals surface area contributed by atoms with Crippen LogP contribution in [-0.2, 0) is 11.3 Å². The minimum atomic E-state index is 0.324. The van der Waals surface area contributed by atoms with Gasteiger partial charge in [0.15, 0.2) is 0 Å². The molecule has 1 fully saturated rings. The molecule has 0 bridgehead atoms. The largest absolute Gasteiger partial charge is 0.378 e. The molecule has 0 aromatic heterocycles. The molecule has 0 saturated carbocycles. The third-order valence-corrected chi connectivity index (χ3v) is 3.82. The van der Waals surface area contributed by atoms with Crippen LogP contribution in [0.1, 0.15) is 12.5 Å². The highest BCUT2D eigenvalue weighted by Gasteiger charge is 2.18. The van der Waals surface area contributed by atoms with Gasteiger partial charge in [0, 0.05) is 46.0 Å². The van der Waals surface area contributed by atoms with Crippen molar-refractivity contribution in [2.75, 3.05) is 51.8 Å². The van der Waals surface area contributed by atoms with E-state index < -0.39 is 0 Å². The van der Waals surface area contributed by atoms with E-state index >= 15 is 0 Å². The lowest BCUT2D eigenvalue weighted by atomic mass is 10.2. The number of nitrogens with one attached hydrogen (secondary N) is 1. The average molecular weight is 277 g/mol. The summed E-state index contributed by atoms with van der Waals surface area (Å²) in [5.41, 5.74) is 2.56. The highest BCUT2D eigenvalue weighted by molar-refractivity contribution is 5.45. The fourth-order valence-corrected chi connectivity index (χ4v) is 2.48. The molecule has 4 heteroatoms. The van der Waals surface area contributed by atoms with Gasteiger partial charge >= 0.3 is 0 Å². The smallest absolute Gasteiger partial charge is 0.0826 e. The Morgan fingerprint density at radius 3 is 2.70 bits per heavy atom. The van der Waals surface area contributed by atoms with Crippen LogP contribution in [0.5, 0.6) is 0 Å². The molecule has 1 aliphatic heterocycles. The first-order chi connectivity index (χ1) is 9.69. The summed E-state index contributed by atoms with van der Waals surface area (Å²) in [7, 11) is 4.13. The number of likely N-dealkylation sites (N-methyl/N-ethyl adjacent to an activating group) is 1. The number of ether oxygens (including phenoxy) is 1. The molecule has 0 amide bonds. The van der Waals surface area contributed by atoms with Crippen molar-refractivity contribution in [2.24, 2.45) is 0 Å². The van der Waals surface area contributed by atoms with Crippen molar-refractivity contribution in [3.8, 4) is 0 Å². The molecule has 1 aromatic carbocycles. The van der Waals surface area contributed by atoms with Crippen molar-refractivity contribution in [2.45, 2.75) is 19.6 Å². The van der Waals surface area contributed by atoms with Gasteiger partial charge in [0.25, 0.3) is 0 Å². The van der Waals surface area contributed by atoms with E-state index in [9.17, 15) is 0 Å². The maximum absolute atomic E-state index is 5.79. The minimum Gasteiger partial charge on any atom is -0.378 e. The van der Waals surface area contributed by atoms with Crippen molar-refractivity contribution < 1.29 is 4.74 Å². The summed E-state index contributed by atoms with van der Waals surface area (Å²) < 4.78 is 5.79. The Balaban J connectivity index is 1.72. The SMILES string of the molecule is CCN1CCOC(CNCc2ccc(N(C)C)cc2)C1. The summed E-state index contributed by atoms with van der Waals surface area (Å²) in [6.07, 6.45) is 0.324. The Morgan fingerprint density at radius 2 is 2.05 bits per heavy atom. The average Bonchev–Trinajstić information content (AvgIpc) is 2.48. The summed E-state index contributed by atoms with van der Waals surface area (Å²) in [6, 6.07) is 8.69. The second-order valence-electron chi connectivity index (χ2n) is 5.58. The van der Waals surface area contributed by atoms with Crippen LogP contribution < -0.4 is 10.2 Å². The Hall–Kier alpha value is -1.10. The van der Waals surface area contributed by atoms with E-state index in [1.165, 1.54) is 11.3 Å². The van der Waals surface area contributed by atoms with Gasteiger partial charge in [-0.1, -0.05) is 19.1 Å². The van der Waals surface area contributed by atoms with Gasteiger partial charge in [-0.25, -0.2) is 0 Å². The van der Waals surface area contributed by atoms with Gasteiger partial charge in [-0.3, -0.25) is 4.90 Å². The van der Waals surface area contributed by atoms with Crippen LogP contribution in [0.25, 0.3) is 0 Å². The molecule has 1 atom stereocenters. The molecule has 112 valence electrons. The topological polar surface area (TPSA) is 27.7 Å². The Morgan fingerprint density at radius 1 is 1.30 bits per heavy atom. The van der Waals surface area contributed by atoms with Gasteiger partial charge in [-0.05, 0) is 24.2 Å². The molecule has 0 spiro atoms. The number of benzene rings is 1. The molecule has 2 rings (SSSR count). The number of nitrogens with zero attached hydrogens (tertiary/aromatic N) is 2. The lowest BCUT2D eigenvalue weighted by Gasteiger charge is -2.32. The Kier molecular flexibility index (Phi) is 5.83. The van der Waals surface area contributed by atoms with Gasteiger partial charge in [0.2, 0.25) is 0 Å². The molecule has 20 heavy (non-hydrogen) atoms. The molecule has 1 heterocycles. The number of hydrogen-bond donors (Lipinski definition) is 1. The standard InChI is InChI=1S/C16H27N3O/c1-4-19-9-10-20-16(13-19)12-17-11-14-5-7-15(8-6-14)18(2)3/h5-8,16-17H,4,9-13H2,1-3H3.